The summed E-state index contributed by atoms with van der Waals surface area (Å²) in [4.78, 5) is 26.8. The molecular weight excluding hydrogens is 388 g/mol. The molecule has 2 unspecified atom stereocenters. The number of ether oxygens (including phenoxy) is 1. The summed E-state index contributed by atoms with van der Waals surface area (Å²) >= 11 is 0. The molecular formula is C22H31BFNO5. The highest BCUT2D eigenvalue weighted by Crippen LogP contribution is 2.39. The molecule has 3 rings (SSSR count). The minimum atomic E-state index is -0.388. The maximum Gasteiger partial charge on any atom is 0.457 e. The summed E-state index contributed by atoms with van der Waals surface area (Å²) < 4.78 is 30.2. The fraction of sp³-hybridized carbons (Fsp3) is 0.636. The van der Waals surface area contributed by atoms with Gasteiger partial charge in [0.05, 0.1) is 24.2 Å². The fourth-order valence-electron chi connectivity index (χ4n) is 4.15. The first-order valence-electron chi connectivity index (χ1n) is 10.5. The summed E-state index contributed by atoms with van der Waals surface area (Å²) in [6.45, 7) is 8.88. The monoisotopic (exact) mass is 419 g/mol. The number of carbonyl (C=O) groups excluding carboxylic acids is 2. The minimum Gasteiger partial charge on any atom is -0.469 e. The molecule has 164 valence electrons. The van der Waals surface area contributed by atoms with Gasteiger partial charge in [0.1, 0.15) is 5.82 Å². The summed E-state index contributed by atoms with van der Waals surface area (Å²) in [6.07, 6.45) is 2.30. The predicted octanol–water partition coefficient (Wildman–Crippen LogP) is 3.56. The molecule has 2 saturated heterocycles. The molecule has 0 bridgehead atoms. The third-order valence-corrected chi connectivity index (χ3v) is 6.64. The number of amides is 1. The summed E-state index contributed by atoms with van der Waals surface area (Å²) in [5.41, 5.74) is -0.312. The second kappa shape index (κ2) is 8.67. The molecule has 0 aromatic heterocycles. The molecule has 0 radical (unpaired) electrons. The van der Waals surface area contributed by atoms with E-state index in [1.165, 1.54) is 31.4 Å². The number of carbonyl (C=O) groups is 2. The van der Waals surface area contributed by atoms with Crippen molar-refractivity contribution >= 4 is 19.0 Å². The van der Waals surface area contributed by atoms with E-state index in [9.17, 15) is 14.0 Å². The van der Waals surface area contributed by atoms with Crippen molar-refractivity contribution in [1.82, 2.24) is 4.90 Å². The van der Waals surface area contributed by atoms with Crippen LogP contribution >= 0.6 is 0 Å². The average molecular weight is 419 g/mol. The standard InChI is InChI=1S/C22H31BFNO5/c1-21(2)22(3,4)30-23(29-21)12-6-7-16-13-25(14-18(16)20(27)28-5)19(26)15-8-10-17(24)11-9-15/h8-11,16,18H,6-7,12-14H2,1-5H3. The maximum atomic E-state index is 13.2. The molecule has 2 heterocycles. The van der Waals surface area contributed by atoms with Crippen molar-refractivity contribution in [3.8, 4) is 0 Å². The molecule has 2 aliphatic heterocycles. The van der Waals surface area contributed by atoms with Crippen LogP contribution in [0.4, 0.5) is 4.39 Å². The van der Waals surface area contributed by atoms with Gasteiger partial charge in [-0.15, -0.1) is 0 Å². The molecule has 30 heavy (non-hydrogen) atoms. The summed E-state index contributed by atoms with van der Waals surface area (Å²) in [7, 11) is 1.10. The molecule has 1 amide bonds. The van der Waals surface area contributed by atoms with Crippen molar-refractivity contribution in [3.05, 3.63) is 35.6 Å². The van der Waals surface area contributed by atoms with Crippen LogP contribution in [0.2, 0.25) is 6.32 Å². The van der Waals surface area contributed by atoms with E-state index >= 15 is 0 Å². The van der Waals surface area contributed by atoms with Gasteiger partial charge in [0.15, 0.2) is 0 Å². The van der Waals surface area contributed by atoms with Crippen LogP contribution < -0.4 is 0 Å². The van der Waals surface area contributed by atoms with Gasteiger partial charge in [-0.2, -0.15) is 0 Å². The summed E-state index contributed by atoms with van der Waals surface area (Å²) in [5.74, 6) is -1.25. The molecule has 8 heteroatoms. The van der Waals surface area contributed by atoms with Crippen molar-refractivity contribution < 1.29 is 28.0 Å². The van der Waals surface area contributed by atoms with Crippen LogP contribution in [0, 0.1) is 17.7 Å². The molecule has 0 spiro atoms. The highest BCUT2D eigenvalue weighted by atomic mass is 19.1. The van der Waals surface area contributed by atoms with Gasteiger partial charge in [-0.1, -0.05) is 6.42 Å². The largest absolute Gasteiger partial charge is 0.469 e. The maximum absolute atomic E-state index is 13.2. The zero-order chi connectivity index (χ0) is 22.1. The molecule has 2 fully saturated rings. The van der Waals surface area contributed by atoms with Gasteiger partial charge >= 0.3 is 13.1 Å². The SMILES string of the molecule is COC(=O)C1CN(C(=O)c2ccc(F)cc2)CC1CCCB1OC(C)(C)C(C)(C)O1. The lowest BCUT2D eigenvalue weighted by molar-refractivity contribution is -0.146. The number of nitrogens with zero attached hydrogens (tertiary/aromatic N) is 1. The quantitative estimate of drug-likeness (QED) is 0.521. The van der Waals surface area contributed by atoms with E-state index < -0.39 is 0 Å². The van der Waals surface area contributed by atoms with E-state index in [1.807, 2.05) is 27.7 Å². The van der Waals surface area contributed by atoms with E-state index in [0.717, 1.165) is 19.2 Å². The van der Waals surface area contributed by atoms with Crippen molar-refractivity contribution in [3.63, 3.8) is 0 Å². The Hall–Kier alpha value is -1.93. The van der Waals surface area contributed by atoms with Crippen LogP contribution in [0.15, 0.2) is 24.3 Å². The van der Waals surface area contributed by atoms with Gasteiger partial charge in [0.25, 0.3) is 5.91 Å². The zero-order valence-corrected chi connectivity index (χ0v) is 18.4. The van der Waals surface area contributed by atoms with Gasteiger partial charge in [0, 0.05) is 18.7 Å². The number of halogens is 1. The van der Waals surface area contributed by atoms with Gasteiger partial charge in [-0.25, -0.2) is 4.39 Å². The number of methoxy groups -OCH3 is 1. The Morgan fingerprint density at radius 1 is 1.13 bits per heavy atom. The topological polar surface area (TPSA) is 65.1 Å². The van der Waals surface area contributed by atoms with E-state index in [4.69, 9.17) is 14.0 Å². The van der Waals surface area contributed by atoms with Crippen LogP contribution in [0.3, 0.4) is 0 Å². The molecule has 2 atom stereocenters. The molecule has 2 aliphatic rings. The Morgan fingerprint density at radius 2 is 1.73 bits per heavy atom. The summed E-state index contributed by atoms with van der Waals surface area (Å²) in [5, 5.41) is 0. The van der Waals surface area contributed by atoms with Crippen molar-refractivity contribution in [2.24, 2.45) is 11.8 Å². The Morgan fingerprint density at radius 3 is 2.30 bits per heavy atom. The van der Waals surface area contributed by atoms with Gasteiger partial charge in [-0.3, -0.25) is 9.59 Å². The fourth-order valence-corrected chi connectivity index (χ4v) is 4.15. The highest BCUT2D eigenvalue weighted by Gasteiger charge is 2.50. The van der Waals surface area contributed by atoms with E-state index in [1.54, 1.807) is 4.90 Å². The number of hydrogen-bond donors (Lipinski definition) is 0. The molecule has 0 N–H and O–H groups in total. The predicted molar refractivity (Wildman–Crippen MR) is 111 cm³/mol. The highest BCUT2D eigenvalue weighted by molar-refractivity contribution is 6.45. The number of esters is 1. The van der Waals surface area contributed by atoms with Crippen molar-refractivity contribution in [2.45, 2.75) is 58.1 Å². The van der Waals surface area contributed by atoms with Gasteiger partial charge < -0.3 is 18.9 Å². The van der Waals surface area contributed by atoms with E-state index in [2.05, 4.69) is 0 Å². The van der Waals surface area contributed by atoms with Crippen LogP contribution in [-0.4, -0.2) is 55.3 Å². The lowest BCUT2D eigenvalue weighted by atomic mass is 9.79. The van der Waals surface area contributed by atoms with Crippen molar-refractivity contribution in [2.75, 3.05) is 20.2 Å². The Kier molecular flexibility index (Phi) is 6.58. The first-order chi connectivity index (χ1) is 14.0. The number of likely N-dealkylation sites (tertiary alicyclic amines) is 1. The minimum absolute atomic E-state index is 0.00396. The first-order valence-corrected chi connectivity index (χ1v) is 10.5. The lowest BCUT2D eigenvalue weighted by Gasteiger charge is -2.32. The Bertz CT molecular complexity index is 766. The first kappa shape index (κ1) is 22.8. The number of rotatable bonds is 6. The Labute approximate surface area is 178 Å². The van der Waals surface area contributed by atoms with Crippen LogP contribution in [0.25, 0.3) is 0 Å². The number of hydrogen-bond acceptors (Lipinski definition) is 5. The average Bonchev–Trinajstić information content (AvgIpc) is 3.19. The zero-order valence-electron chi connectivity index (χ0n) is 18.4. The number of benzene rings is 1. The van der Waals surface area contributed by atoms with Gasteiger partial charge in [0.2, 0.25) is 0 Å². The van der Waals surface area contributed by atoms with Crippen LogP contribution in [0.5, 0.6) is 0 Å². The second-order valence-corrected chi connectivity index (χ2v) is 9.22. The normalized spacial score (nSPS) is 24.9. The molecule has 0 saturated carbocycles. The molecule has 0 aliphatic carbocycles. The molecule has 6 nitrogen and oxygen atoms in total. The second-order valence-electron chi connectivity index (χ2n) is 9.22. The smallest absolute Gasteiger partial charge is 0.457 e. The third-order valence-electron chi connectivity index (χ3n) is 6.64. The van der Waals surface area contributed by atoms with Crippen molar-refractivity contribution in [1.29, 1.82) is 0 Å². The third kappa shape index (κ3) is 4.70. The summed E-state index contributed by atoms with van der Waals surface area (Å²) in [6, 6.07) is 5.47. The molecule has 1 aromatic carbocycles. The molecule has 1 aromatic rings. The van der Waals surface area contributed by atoms with Crippen LogP contribution in [0.1, 0.15) is 50.9 Å². The Balaban J connectivity index is 1.59. The van der Waals surface area contributed by atoms with E-state index in [0.29, 0.717) is 18.7 Å². The van der Waals surface area contributed by atoms with E-state index in [-0.39, 0.29) is 47.9 Å². The van der Waals surface area contributed by atoms with Crippen LogP contribution in [-0.2, 0) is 18.8 Å². The van der Waals surface area contributed by atoms with Gasteiger partial charge in [-0.05, 0) is 70.6 Å². The lowest BCUT2D eigenvalue weighted by Crippen LogP contribution is -2.41.